The molecule has 0 saturated heterocycles. The molecule has 1 unspecified atom stereocenters. The van der Waals surface area contributed by atoms with Crippen molar-refractivity contribution in [1.29, 1.82) is 0 Å². The van der Waals surface area contributed by atoms with Gasteiger partial charge in [-0.05, 0) is 40.5 Å². The zero-order valence-electron chi connectivity index (χ0n) is 20.6. The Hall–Kier alpha value is -1.64. The van der Waals surface area contributed by atoms with E-state index in [9.17, 15) is 0 Å². The maximum Gasteiger partial charge on any atom is 0.197 e. The molecule has 3 rings (SSSR count). The molecule has 0 aliphatic heterocycles. The van der Waals surface area contributed by atoms with Gasteiger partial charge >= 0.3 is 0 Å². The van der Waals surface area contributed by atoms with E-state index in [1.165, 1.54) is 66.3 Å². The molecule has 0 N–H and O–H groups in total. The van der Waals surface area contributed by atoms with Crippen LogP contribution in [0.5, 0.6) is 0 Å². The van der Waals surface area contributed by atoms with Crippen LogP contribution < -0.4 is 0 Å². The molecule has 0 spiro atoms. The van der Waals surface area contributed by atoms with Gasteiger partial charge in [-0.2, -0.15) is 0 Å². The Bertz CT molecular complexity index is 842. The number of benzene rings is 2. The molecule has 2 aromatic rings. The molecule has 0 fully saturated rings. The Balaban J connectivity index is 1.95. The van der Waals surface area contributed by atoms with Gasteiger partial charge in [-0.25, -0.2) is 0 Å². The van der Waals surface area contributed by atoms with E-state index in [2.05, 4.69) is 70.2 Å². The average molecular weight is 423 g/mol. The Labute approximate surface area is 190 Å². The van der Waals surface area contributed by atoms with Crippen LogP contribution in [0.2, 0.25) is 0 Å². The number of hydrogen-bond acceptors (Lipinski definition) is 2. The van der Waals surface area contributed by atoms with Crippen LogP contribution >= 0.6 is 0 Å². The molecule has 2 nitrogen and oxygen atoms in total. The van der Waals surface area contributed by atoms with Gasteiger partial charge in [0.2, 0.25) is 0 Å². The molecule has 1 aliphatic rings. The first-order valence-corrected chi connectivity index (χ1v) is 12.2. The summed E-state index contributed by atoms with van der Waals surface area (Å²) in [6.45, 7) is 9.27. The van der Waals surface area contributed by atoms with Crippen LogP contribution in [0.4, 0.5) is 0 Å². The van der Waals surface area contributed by atoms with Crippen molar-refractivity contribution in [1.82, 2.24) is 0 Å². The summed E-state index contributed by atoms with van der Waals surface area (Å²) in [4.78, 5) is 0. The number of fused-ring (bicyclic) bond motifs is 3. The van der Waals surface area contributed by atoms with Crippen molar-refractivity contribution in [3.05, 3.63) is 59.2 Å². The predicted molar refractivity (Wildman–Crippen MR) is 131 cm³/mol. The van der Waals surface area contributed by atoms with E-state index in [4.69, 9.17) is 9.47 Å². The first-order valence-electron chi connectivity index (χ1n) is 12.2. The first kappa shape index (κ1) is 24.0. The molecular weight excluding hydrogens is 380 g/mol. The van der Waals surface area contributed by atoms with Crippen LogP contribution in [-0.2, 0) is 21.7 Å². The van der Waals surface area contributed by atoms with Crippen molar-refractivity contribution < 1.29 is 9.47 Å². The van der Waals surface area contributed by atoms with Gasteiger partial charge in [0.15, 0.2) is 5.79 Å². The van der Waals surface area contributed by atoms with Crippen molar-refractivity contribution in [2.24, 2.45) is 11.3 Å². The standard InChI is InChI=1S/C29H42O2/c1-7-8-9-10-11-12-20-27(28(2,3)4)29(30-5,31-6)26-19-15-18-24-23-17-14-13-16-22(23)21-25(24)26/h13-19,27H,7-12,20-21H2,1-6H3. The Morgan fingerprint density at radius 3 is 2.13 bits per heavy atom. The Morgan fingerprint density at radius 2 is 1.45 bits per heavy atom. The molecule has 0 radical (unpaired) electrons. The van der Waals surface area contributed by atoms with Crippen molar-refractivity contribution in [2.75, 3.05) is 14.2 Å². The molecule has 31 heavy (non-hydrogen) atoms. The lowest BCUT2D eigenvalue weighted by Crippen LogP contribution is -2.46. The quantitative estimate of drug-likeness (QED) is 0.229. The minimum atomic E-state index is -0.741. The molecule has 2 aromatic carbocycles. The van der Waals surface area contributed by atoms with Crippen molar-refractivity contribution in [2.45, 2.75) is 84.8 Å². The summed E-state index contributed by atoms with van der Waals surface area (Å²) in [5.41, 5.74) is 6.71. The Morgan fingerprint density at radius 1 is 0.806 bits per heavy atom. The van der Waals surface area contributed by atoms with Crippen LogP contribution in [0, 0.1) is 11.3 Å². The highest BCUT2D eigenvalue weighted by molar-refractivity contribution is 5.78. The smallest absolute Gasteiger partial charge is 0.197 e. The second kappa shape index (κ2) is 10.3. The van der Waals surface area contributed by atoms with Gasteiger partial charge in [0.1, 0.15) is 0 Å². The number of rotatable bonds is 11. The van der Waals surface area contributed by atoms with Gasteiger partial charge in [-0.3, -0.25) is 0 Å². The molecule has 170 valence electrons. The molecule has 0 bridgehead atoms. The maximum atomic E-state index is 6.36. The minimum absolute atomic E-state index is 0.0591. The first-order chi connectivity index (χ1) is 14.9. The summed E-state index contributed by atoms with van der Waals surface area (Å²) in [6.07, 6.45) is 9.87. The lowest BCUT2D eigenvalue weighted by Gasteiger charge is -2.46. The average Bonchev–Trinajstić information content (AvgIpc) is 3.14. The van der Waals surface area contributed by atoms with E-state index in [1.54, 1.807) is 0 Å². The fourth-order valence-corrected chi connectivity index (χ4v) is 5.58. The number of methoxy groups -OCH3 is 2. The third kappa shape index (κ3) is 4.91. The number of ether oxygens (including phenoxy) is 2. The fraction of sp³-hybridized carbons (Fsp3) is 0.586. The Kier molecular flexibility index (Phi) is 7.99. The third-order valence-electron chi connectivity index (χ3n) is 7.18. The summed E-state index contributed by atoms with van der Waals surface area (Å²) >= 11 is 0. The van der Waals surface area contributed by atoms with E-state index in [0.29, 0.717) is 0 Å². The summed E-state index contributed by atoms with van der Waals surface area (Å²) in [7, 11) is 3.65. The van der Waals surface area contributed by atoms with Crippen molar-refractivity contribution in [3.63, 3.8) is 0 Å². The van der Waals surface area contributed by atoms with Crippen molar-refractivity contribution >= 4 is 0 Å². The highest BCUT2D eigenvalue weighted by Crippen LogP contribution is 2.50. The zero-order valence-corrected chi connectivity index (χ0v) is 20.6. The van der Waals surface area contributed by atoms with E-state index >= 15 is 0 Å². The maximum absolute atomic E-state index is 6.36. The van der Waals surface area contributed by atoms with Gasteiger partial charge in [0, 0.05) is 25.7 Å². The summed E-state index contributed by atoms with van der Waals surface area (Å²) in [6, 6.07) is 15.4. The molecule has 0 saturated carbocycles. The summed E-state index contributed by atoms with van der Waals surface area (Å²) in [5, 5.41) is 0. The SMILES string of the molecule is CCCCCCCCC(C(C)(C)C)C(OC)(OC)c1cccc2c1Cc1ccccc1-2. The molecule has 0 amide bonds. The van der Waals surface area contributed by atoms with Crippen molar-refractivity contribution in [3.8, 4) is 11.1 Å². The molecule has 0 aromatic heterocycles. The topological polar surface area (TPSA) is 18.5 Å². The van der Waals surface area contributed by atoms with Gasteiger partial charge in [-0.1, -0.05) is 109 Å². The van der Waals surface area contributed by atoms with Gasteiger partial charge in [0.05, 0.1) is 0 Å². The highest BCUT2D eigenvalue weighted by atomic mass is 16.7. The summed E-state index contributed by atoms with van der Waals surface area (Å²) < 4.78 is 12.7. The molecular formula is C29H42O2. The monoisotopic (exact) mass is 422 g/mol. The van der Waals surface area contributed by atoms with E-state index in [1.807, 2.05) is 14.2 Å². The predicted octanol–water partition coefficient (Wildman–Crippen LogP) is 8.12. The normalized spacial score (nSPS) is 14.4. The minimum Gasteiger partial charge on any atom is -0.349 e. The lowest BCUT2D eigenvalue weighted by molar-refractivity contribution is -0.270. The van der Waals surface area contributed by atoms with E-state index in [-0.39, 0.29) is 11.3 Å². The second-order valence-corrected chi connectivity index (χ2v) is 10.2. The molecule has 2 heteroatoms. The van der Waals surface area contributed by atoms with Gasteiger partial charge in [0.25, 0.3) is 0 Å². The second-order valence-electron chi connectivity index (χ2n) is 10.2. The fourth-order valence-electron chi connectivity index (χ4n) is 5.58. The highest BCUT2D eigenvalue weighted by Gasteiger charge is 2.48. The van der Waals surface area contributed by atoms with Crippen LogP contribution in [-0.4, -0.2) is 14.2 Å². The molecule has 0 heterocycles. The van der Waals surface area contributed by atoms with Crippen LogP contribution in [0.25, 0.3) is 11.1 Å². The molecule has 1 aliphatic carbocycles. The third-order valence-corrected chi connectivity index (χ3v) is 7.18. The zero-order chi connectivity index (χ0) is 22.5. The summed E-state index contributed by atoms with van der Waals surface area (Å²) in [5.74, 6) is -0.480. The van der Waals surface area contributed by atoms with Gasteiger partial charge < -0.3 is 9.47 Å². The van der Waals surface area contributed by atoms with E-state index < -0.39 is 5.79 Å². The van der Waals surface area contributed by atoms with Crippen LogP contribution in [0.3, 0.4) is 0 Å². The largest absolute Gasteiger partial charge is 0.349 e. The van der Waals surface area contributed by atoms with Crippen LogP contribution in [0.1, 0.15) is 89.3 Å². The number of hydrogen-bond donors (Lipinski definition) is 0. The van der Waals surface area contributed by atoms with Gasteiger partial charge in [-0.15, -0.1) is 0 Å². The lowest BCUT2D eigenvalue weighted by atomic mass is 9.69. The van der Waals surface area contributed by atoms with Crippen LogP contribution in [0.15, 0.2) is 42.5 Å². The molecule has 1 atom stereocenters. The van der Waals surface area contributed by atoms with E-state index in [0.717, 1.165) is 12.8 Å². The number of unbranched alkanes of at least 4 members (excludes halogenated alkanes) is 5.